The van der Waals surface area contributed by atoms with Crippen molar-refractivity contribution in [2.24, 2.45) is 0 Å². The van der Waals surface area contributed by atoms with Gasteiger partial charge in [0, 0.05) is 12.5 Å². The van der Waals surface area contributed by atoms with Crippen LogP contribution in [0.5, 0.6) is 5.75 Å². The molecule has 2 rings (SSSR count). The molecule has 0 spiro atoms. The molecule has 19 heavy (non-hydrogen) atoms. The van der Waals surface area contributed by atoms with Gasteiger partial charge >= 0.3 is 5.97 Å². The van der Waals surface area contributed by atoms with Gasteiger partial charge in [0.1, 0.15) is 6.29 Å². The normalized spacial score (nSPS) is 9.74. The number of hydrogen-bond acceptors (Lipinski definition) is 4. The van der Waals surface area contributed by atoms with Gasteiger partial charge < -0.3 is 0 Å². The van der Waals surface area contributed by atoms with Gasteiger partial charge in [-0.05, 0) is 23.3 Å². The molecular formula is C15H12O4. The Morgan fingerprint density at radius 3 is 2.42 bits per heavy atom. The highest BCUT2D eigenvalue weighted by atomic mass is 17.2. The predicted molar refractivity (Wildman–Crippen MR) is 69.7 cm³/mol. The maximum atomic E-state index is 10.7. The third-order valence-corrected chi connectivity index (χ3v) is 2.47. The zero-order valence-electron chi connectivity index (χ0n) is 10.3. The Morgan fingerprint density at radius 2 is 1.79 bits per heavy atom. The molecule has 0 atom stereocenters. The number of carbonyl (C=O) groups is 2. The first kappa shape index (κ1) is 12.8. The zero-order chi connectivity index (χ0) is 13.7. The van der Waals surface area contributed by atoms with E-state index in [0.29, 0.717) is 11.3 Å². The van der Waals surface area contributed by atoms with Crippen LogP contribution in [-0.4, -0.2) is 12.3 Å². The van der Waals surface area contributed by atoms with E-state index in [1.165, 1.54) is 6.92 Å². The van der Waals surface area contributed by atoms with Crippen LogP contribution in [0.15, 0.2) is 48.5 Å². The van der Waals surface area contributed by atoms with E-state index in [-0.39, 0.29) is 0 Å². The van der Waals surface area contributed by atoms with Gasteiger partial charge in [0.2, 0.25) is 0 Å². The molecule has 0 aliphatic carbocycles. The number of carbonyl (C=O) groups excluding carboxylic acids is 2. The minimum absolute atomic E-state index is 0.437. The molecule has 96 valence electrons. The fraction of sp³-hybridized carbons (Fsp3) is 0.0667. The minimum atomic E-state index is -0.513. The summed E-state index contributed by atoms with van der Waals surface area (Å²) < 4.78 is 0. The molecule has 0 saturated heterocycles. The van der Waals surface area contributed by atoms with Crippen LogP contribution in [0, 0.1) is 0 Å². The third-order valence-electron chi connectivity index (χ3n) is 2.47. The van der Waals surface area contributed by atoms with Gasteiger partial charge in [-0.15, -0.1) is 0 Å². The third kappa shape index (κ3) is 3.42. The SMILES string of the molecule is CC(=O)OOc1cccc(-c2ccc(C=O)cc2)c1. The Kier molecular flexibility index (Phi) is 3.93. The Morgan fingerprint density at radius 1 is 1.05 bits per heavy atom. The molecule has 0 bridgehead atoms. The fourth-order valence-corrected chi connectivity index (χ4v) is 1.59. The summed E-state index contributed by atoms with van der Waals surface area (Å²) in [5.74, 6) is -0.0760. The van der Waals surface area contributed by atoms with E-state index in [9.17, 15) is 9.59 Å². The molecule has 0 aromatic heterocycles. The number of benzene rings is 2. The second-order valence-electron chi connectivity index (χ2n) is 3.93. The lowest BCUT2D eigenvalue weighted by Crippen LogP contribution is -2.02. The number of hydrogen-bond donors (Lipinski definition) is 0. The molecule has 4 heteroatoms. The molecule has 2 aromatic rings. The summed E-state index contributed by atoms with van der Waals surface area (Å²) in [5, 5.41) is 0. The highest BCUT2D eigenvalue weighted by Crippen LogP contribution is 2.24. The maximum absolute atomic E-state index is 10.7. The van der Waals surface area contributed by atoms with Crippen molar-refractivity contribution in [3.05, 3.63) is 54.1 Å². The van der Waals surface area contributed by atoms with E-state index in [4.69, 9.17) is 4.89 Å². The fourth-order valence-electron chi connectivity index (χ4n) is 1.59. The van der Waals surface area contributed by atoms with Crippen LogP contribution < -0.4 is 4.89 Å². The van der Waals surface area contributed by atoms with Gasteiger partial charge in [-0.1, -0.05) is 36.4 Å². The highest BCUT2D eigenvalue weighted by Gasteiger charge is 2.02. The van der Waals surface area contributed by atoms with Crippen molar-refractivity contribution >= 4 is 12.3 Å². The van der Waals surface area contributed by atoms with Gasteiger partial charge in [0.05, 0.1) is 0 Å². The second-order valence-corrected chi connectivity index (χ2v) is 3.93. The van der Waals surface area contributed by atoms with Gasteiger partial charge in [0.15, 0.2) is 5.75 Å². The van der Waals surface area contributed by atoms with E-state index in [2.05, 4.69) is 4.89 Å². The van der Waals surface area contributed by atoms with E-state index in [1.54, 1.807) is 30.3 Å². The predicted octanol–water partition coefficient (Wildman–Crippen LogP) is 3.02. The topological polar surface area (TPSA) is 52.6 Å². The summed E-state index contributed by atoms with van der Waals surface area (Å²) >= 11 is 0. The molecule has 0 aliphatic rings. The average molecular weight is 256 g/mol. The van der Waals surface area contributed by atoms with Gasteiger partial charge in [-0.3, -0.25) is 14.6 Å². The molecule has 0 amide bonds. The first-order valence-corrected chi connectivity index (χ1v) is 5.70. The summed E-state index contributed by atoms with van der Waals surface area (Å²) in [6.45, 7) is 1.27. The summed E-state index contributed by atoms with van der Waals surface area (Å²) in [6.07, 6.45) is 0.796. The summed E-state index contributed by atoms with van der Waals surface area (Å²) in [5.41, 5.74) is 2.47. The Hall–Kier alpha value is -2.62. The molecule has 0 fully saturated rings. The lowest BCUT2D eigenvalue weighted by molar-refractivity contribution is -0.210. The summed E-state index contributed by atoms with van der Waals surface area (Å²) in [4.78, 5) is 30.6. The minimum Gasteiger partial charge on any atom is -0.298 e. The smallest absolute Gasteiger partial charge is 0.298 e. The quantitative estimate of drug-likeness (QED) is 0.479. The van der Waals surface area contributed by atoms with Crippen LogP contribution in [0.4, 0.5) is 0 Å². The van der Waals surface area contributed by atoms with Gasteiger partial charge in [0.25, 0.3) is 0 Å². The lowest BCUT2D eigenvalue weighted by Gasteiger charge is -2.05. The molecule has 0 radical (unpaired) electrons. The molecule has 0 N–H and O–H groups in total. The van der Waals surface area contributed by atoms with Crippen molar-refractivity contribution in [1.29, 1.82) is 0 Å². The Labute approximate surface area is 110 Å². The van der Waals surface area contributed by atoms with Gasteiger partial charge in [-0.25, -0.2) is 4.79 Å². The molecular weight excluding hydrogens is 244 g/mol. The van der Waals surface area contributed by atoms with Crippen molar-refractivity contribution in [3.8, 4) is 16.9 Å². The van der Waals surface area contributed by atoms with E-state index < -0.39 is 5.97 Å². The van der Waals surface area contributed by atoms with Crippen molar-refractivity contribution in [1.82, 2.24) is 0 Å². The number of aldehydes is 1. The number of rotatable bonds is 4. The molecule has 0 aliphatic heterocycles. The molecule has 4 nitrogen and oxygen atoms in total. The molecule has 2 aromatic carbocycles. The standard InChI is InChI=1S/C15H12O4/c1-11(17)18-19-15-4-2-3-14(9-15)13-7-5-12(10-16)6-8-13/h2-10H,1H3. The first-order chi connectivity index (χ1) is 9.19. The largest absolute Gasteiger partial charge is 0.352 e. The van der Waals surface area contributed by atoms with Crippen LogP contribution in [-0.2, 0) is 9.68 Å². The van der Waals surface area contributed by atoms with Crippen LogP contribution >= 0.6 is 0 Å². The lowest BCUT2D eigenvalue weighted by atomic mass is 10.0. The van der Waals surface area contributed by atoms with Gasteiger partial charge in [-0.2, -0.15) is 0 Å². The molecule has 0 saturated carbocycles. The summed E-state index contributed by atoms with van der Waals surface area (Å²) in [7, 11) is 0. The van der Waals surface area contributed by atoms with Crippen LogP contribution in [0.2, 0.25) is 0 Å². The Balaban J connectivity index is 2.21. The van der Waals surface area contributed by atoms with E-state index >= 15 is 0 Å². The monoisotopic (exact) mass is 256 g/mol. The maximum Gasteiger partial charge on any atom is 0.352 e. The van der Waals surface area contributed by atoms with Crippen molar-refractivity contribution in [3.63, 3.8) is 0 Å². The van der Waals surface area contributed by atoms with Crippen LogP contribution in [0.3, 0.4) is 0 Å². The van der Waals surface area contributed by atoms with Crippen LogP contribution in [0.25, 0.3) is 11.1 Å². The zero-order valence-corrected chi connectivity index (χ0v) is 10.3. The van der Waals surface area contributed by atoms with Crippen LogP contribution in [0.1, 0.15) is 17.3 Å². The second kappa shape index (κ2) is 5.82. The average Bonchev–Trinajstić information content (AvgIpc) is 2.45. The van der Waals surface area contributed by atoms with E-state index in [0.717, 1.165) is 17.4 Å². The van der Waals surface area contributed by atoms with E-state index in [1.807, 2.05) is 18.2 Å². The molecule has 0 unspecified atom stereocenters. The molecule has 0 heterocycles. The summed E-state index contributed by atoms with van der Waals surface area (Å²) in [6, 6.07) is 14.3. The Bertz CT molecular complexity index is 587. The highest BCUT2D eigenvalue weighted by molar-refractivity contribution is 5.77. The van der Waals surface area contributed by atoms with Crippen molar-refractivity contribution in [2.45, 2.75) is 6.92 Å². The first-order valence-electron chi connectivity index (χ1n) is 5.70. The van der Waals surface area contributed by atoms with Crippen molar-refractivity contribution < 1.29 is 19.4 Å². The van der Waals surface area contributed by atoms with Crippen molar-refractivity contribution in [2.75, 3.05) is 0 Å².